The van der Waals surface area contributed by atoms with Crippen molar-refractivity contribution >= 4 is 5.91 Å². The zero-order valence-corrected chi connectivity index (χ0v) is 7.90. The van der Waals surface area contributed by atoms with Crippen LogP contribution in [0.1, 0.15) is 22.8 Å². The molecule has 0 spiro atoms. The first-order valence-corrected chi connectivity index (χ1v) is 4.12. The molecular formula is C9H13N3O2. The molecule has 0 fully saturated rings. The fourth-order valence-corrected chi connectivity index (χ4v) is 0.978. The summed E-state index contributed by atoms with van der Waals surface area (Å²) in [4.78, 5) is 14.7. The highest BCUT2D eigenvalue weighted by Crippen LogP contribution is 2.16. The van der Waals surface area contributed by atoms with Gasteiger partial charge in [-0.05, 0) is 18.6 Å². The van der Waals surface area contributed by atoms with Gasteiger partial charge in [-0.3, -0.25) is 9.78 Å². The highest BCUT2D eigenvalue weighted by molar-refractivity contribution is 5.92. The van der Waals surface area contributed by atoms with Gasteiger partial charge in [-0.2, -0.15) is 0 Å². The summed E-state index contributed by atoms with van der Waals surface area (Å²) in [7, 11) is 0. The Labute approximate surface area is 81.7 Å². The van der Waals surface area contributed by atoms with E-state index in [-0.39, 0.29) is 12.2 Å². The highest BCUT2D eigenvalue weighted by Gasteiger charge is 2.21. The molecule has 1 aromatic rings. The van der Waals surface area contributed by atoms with Crippen LogP contribution >= 0.6 is 0 Å². The number of aliphatic hydroxyl groups is 1. The molecule has 0 saturated carbocycles. The Hall–Kier alpha value is -1.46. The van der Waals surface area contributed by atoms with E-state index < -0.39 is 11.4 Å². The molecule has 0 unspecified atom stereocenters. The minimum absolute atomic E-state index is 0.225. The Bertz CT molecular complexity index is 350. The summed E-state index contributed by atoms with van der Waals surface area (Å²) in [5.74, 6) is -0.562. The van der Waals surface area contributed by atoms with Gasteiger partial charge in [0, 0.05) is 12.4 Å². The van der Waals surface area contributed by atoms with E-state index in [0.29, 0.717) is 5.56 Å². The van der Waals surface area contributed by atoms with E-state index >= 15 is 0 Å². The first kappa shape index (κ1) is 10.6. The summed E-state index contributed by atoms with van der Waals surface area (Å²) in [5, 5.41) is 9.01. The summed E-state index contributed by atoms with van der Waals surface area (Å²) < 4.78 is 0. The third kappa shape index (κ3) is 2.07. The second kappa shape index (κ2) is 3.73. The van der Waals surface area contributed by atoms with E-state index in [1.54, 1.807) is 6.92 Å². The molecule has 0 bridgehead atoms. The van der Waals surface area contributed by atoms with Crippen molar-refractivity contribution in [3.8, 4) is 0 Å². The van der Waals surface area contributed by atoms with Gasteiger partial charge in [0.2, 0.25) is 5.91 Å². The van der Waals surface area contributed by atoms with Crippen LogP contribution in [0.4, 0.5) is 0 Å². The van der Waals surface area contributed by atoms with Crippen molar-refractivity contribution < 1.29 is 9.90 Å². The molecule has 0 aliphatic heterocycles. The third-order valence-electron chi connectivity index (χ3n) is 2.01. The van der Waals surface area contributed by atoms with Crippen molar-refractivity contribution in [1.29, 1.82) is 0 Å². The maximum atomic E-state index is 10.8. The molecule has 0 aliphatic rings. The number of primary amides is 1. The average Bonchev–Trinajstić information content (AvgIpc) is 2.18. The largest absolute Gasteiger partial charge is 0.394 e. The molecule has 14 heavy (non-hydrogen) atoms. The maximum absolute atomic E-state index is 10.8. The smallest absolute Gasteiger partial charge is 0.250 e. The number of aromatic nitrogens is 1. The standard InChI is InChI=1S/C9H13N3O2/c1-9(11,5-13)7-2-6(8(10)14)3-12-4-7/h2-4,13H,5,11H2,1H3,(H2,10,14)/t9-/m1/s1. The molecule has 1 atom stereocenters. The molecule has 0 radical (unpaired) electrons. The number of pyridine rings is 1. The number of nitrogens with two attached hydrogens (primary N) is 2. The monoisotopic (exact) mass is 195 g/mol. The lowest BCUT2D eigenvalue weighted by Crippen LogP contribution is -2.37. The number of aliphatic hydroxyl groups excluding tert-OH is 1. The number of carbonyl (C=O) groups is 1. The van der Waals surface area contributed by atoms with Gasteiger partial charge in [0.25, 0.3) is 0 Å². The lowest BCUT2D eigenvalue weighted by Gasteiger charge is -2.21. The van der Waals surface area contributed by atoms with Crippen LogP contribution < -0.4 is 11.5 Å². The second-order valence-electron chi connectivity index (χ2n) is 3.40. The average molecular weight is 195 g/mol. The second-order valence-corrected chi connectivity index (χ2v) is 3.40. The van der Waals surface area contributed by atoms with E-state index in [9.17, 15) is 4.79 Å². The molecule has 5 nitrogen and oxygen atoms in total. The predicted octanol–water partition coefficient (Wildman–Crippen LogP) is -0.653. The zero-order valence-electron chi connectivity index (χ0n) is 7.90. The summed E-state index contributed by atoms with van der Waals surface area (Å²) in [5.41, 5.74) is 10.8. The zero-order chi connectivity index (χ0) is 10.8. The van der Waals surface area contributed by atoms with E-state index in [0.717, 1.165) is 0 Å². The van der Waals surface area contributed by atoms with E-state index in [4.69, 9.17) is 16.6 Å². The highest BCUT2D eigenvalue weighted by atomic mass is 16.3. The van der Waals surface area contributed by atoms with E-state index in [1.807, 2.05) is 0 Å². The molecule has 0 aliphatic carbocycles. The molecule has 1 amide bonds. The number of carbonyl (C=O) groups excluding carboxylic acids is 1. The van der Waals surface area contributed by atoms with Gasteiger partial charge in [-0.25, -0.2) is 0 Å². The molecule has 76 valence electrons. The molecule has 5 N–H and O–H groups in total. The number of amides is 1. The molecule has 5 heteroatoms. The topological polar surface area (TPSA) is 102 Å². The van der Waals surface area contributed by atoms with Crippen LogP contribution in [0.2, 0.25) is 0 Å². The summed E-state index contributed by atoms with van der Waals surface area (Å²) in [6, 6.07) is 1.53. The predicted molar refractivity (Wildman–Crippen MR) is 51.4 cm³/mol. The number of hydrogen-bond acceptors (Lipinski definition) is 4. The van der Waals surface area contributed by atoms with Crippen LogP contribution in [0, 0.1) is 0 Å². The lowest BCUT2D eigenvalue weighted by atomic mass is 9.95. The van der Waals surface area contributed by atoms with Crippen LogP contribution in [0.25, 0.3) is 0 Å². The minimum Gasteiger partial charge on any atom is -0.394 e. The number of rotatable bonds is 3. The van der Waals surface area contributed by atoms with Crippen LogP contribution in [-0.2, 0) is 5.54 Å². The minimum atomic E-state index is -0.904. The number of nitrogens with zero attached hydrogens (tertiary/aromatic N) is 1. The fraction of sp³-hybridized carbons (Fsp3) is 0.333. The van der Waals surface area contributed by atoms with Crippen LogP contribution in [0.15, 0.2) is 18.5 Å². The van der Waals surface area contributed by atoms with E-state index in [2.05, 4.69) is 4.98 Å². The molecular weight excluding hydrogens is 182 g/mol. The number of hydrogen-bond donors (Lipinski definition) is 3. The van der Waals surface area contributed by atoms with E-state index in [1.165, 1.54) is 18.5 Å². The Balaban J connectivity index is 3.12. The van der Waals surface area contributed by atoms with Crippen molar-refractivity contribution in [2.45, 2.75) is 12.5 Å². The van der Waals surface area contributed by atoms with Crippen molar-refractivity contribution in [2.75, 3.05) is 6.61 Å². The first-order chi connectivity index (χ1) is 6.47. The van der Waals surface area contributed by atoms with Gasteiger partial charge in [0.1, 0.15) is 0 Å². The molecule has 1 heterocycles. The van der Waals surface area contributed by atoms with Crippen molar-refractivity contribution in [3.63, 3.8) is 0 Å². The maximum Gasteiger partial charge on any atom is 0.250 e. The summed E-state index contributed by atoms with van der Waals surface area (Å²) in [6.45, 7) is 1.42. The van der Waals surface area contributed by atoms with Gasteiger partial charge in [-0.1, -0.05) is 0 Å². The molecule has 1 aromatic heterocycles. The summed E-state index contributed by atoms with van der Waals surface area (Å²) in [6.07, 6.45) is 2.86. The van der Waals surface area contributed by atoms with Gasteiger partial charge in [0.15, 0.2) is 0 Å². The van der Waals surface area contributed by atoms with Crippen molar-refractivity contribution in [3.05, 3.63) is 29.6 Å². The van der Waals surface area contributed by atoms with Gasteiger partial charge in [0.05, 0.1) is 17.7 Å². The van der Waals surface area contributed by atoms with Gasteiger partial charge >= 0.3 is 0 Å². The quantitative estimate of drug-likeness (QED) is 0.596. The molecule has 0 saturated heterocycles. The van der Waals surface area contributed by atoms with Crippen LogP contribution in [-0.4, -0.2) is 22.6 Å². The van der Waals surface area contributed by atoms with Gasteiger partial charge in [-0.15, -0.1) is 0 Å². The first-order valence-electron chi connectivity index (χ1n) is 4.12. The Morgan fingerprint density at radius 3 is 2.79 bits per heavy atom. The Morgan fingerprint density at radius 2 is 2.29 bits per heavy atom. The third-order valence-corrected chi connectivity index (χ3v) is 2.01. The fourth-order valence-electron chi connectivity index (χ4n) is 0.978. The van der Waals surface area contributed by atoms with Crippen LogP contribution in [0.5, 0.6) is 0 Å². The Morgan fingerprint density at radius 1 is 1.64 bits per heavy atom. The SMILES string of the molecule is C[C@@](N)(CO)c1cncc(C(N)=O)c1. The van der Waals surface area contributed by atoms with Crippen molar-refractivity contribution in [1.82, 2.24) is 4.98 Å². The Kier molecular flexibility index (Phi) is 2.83. The summed E-state index contributed by atoms with van der Waals surface area (Å²) >= 11 is 0. The van der Waals surface area contributed by atoms with Gasteiger partial charge < -0.3 is 16.6 Å². The van der Waals surface area contributed by atoms with Crippen LogP contribution in [0.3, 0.4) is 0 Å². The van der Waals surface area contributed by atoms with Crippen molar-refractivity contribution in [2.24, 2.45) is 11.5 Å². The molecule has 1 rings (SSSR count). The lowest BCUT2D eigenvalue weighted by molar-refractivity contribution is 0.0999. The normalized spacial score (nSPS) is 14.8. The molecule has 0 aromatic carbocycles.